The summed E-state index contributed by atoms with van der Waals surface area (Å²) in [5.41, 5.74) is 1.79. The lowest BCUT2D eigenvalue weighted by molar-refractivity contribution is -0.114. The maximum absolute atomic E-state index is 13.0. The van der Waals surface area contributed by atoms with Crippen molar-refractivity contribution in [3.05, 3.63) is 90.0 Å². The zero-order valence-corrected chi connectivity index (χ0v) is 18.4. The van der Waals surface area contributed by atoms with Crippen LogP contribution in [0, 0.1) is 0 Å². The number of amides is 2. The molecule has 1 aliphatic heterocycles. The van der Waals surface area contributed by atoms with Crippen molar-refractivity contribution in [2.24, 2.45) is 4.99 Å². The predicted molar refractivity (Wildman–Crippen MR) is 127 cm³/mol. The summed E-state index contributed by atoms with van der Waals surface area (Å²) >= 11 is 1.14. The van der Waals surface area contributed by atoms with E-state index in [1.54, 1.807) is 54.6 Å². The van der Waals surface area contributed by atoms with Gasteiger partial charge < -0.3 is 14.5 Å². The van der Waals surface area contributed by atoms with Gasteiger partial charge in [0.05, 0.1) is 30.4 Å². The fourth-order valence-corrected chi connectivity index (χ4v) is 3.85. The summed E-state index contributed by atoms with van der Waals surface area (Å²) < 4.78 is 9.96. The highest BCUT2D eigenvalue weighted by Gasteiger charge is 2.32. The predicted octanol–water partition coefficient (Wildman–Crippen LogP) is 4.18. The van der Waals surface area contributed by atoms with Crippen LogP contribution >= 0.6 is 11.8 Å². The fourth-order valence-electron chi connectivity index (χ4n) is 3.04. The third-order valence-electron chi connectivity index (χ3n) is 4.59. The summed E-state index contributed by atoms with van der Waals surface area (Å²) in [7, 11) is 1.31. The molecular weight excluding hydrogens is 442 g/mol. The van der Waals surface area contributed by atoms with Gasteiger partial charge in [0, 0.05) is 11.8 Å². The Bertz CT molecular complexity index is 1220. The van der Waals surface area contributed by atoms with Crippen LogP contribution in [0.5, 0.6) is 0 Å². The monoisotopic (exact) mass is 461 g/mol. The lowest BCUT2D eigenvalue weighted by Gasteiger charge is -2.17. The van der Waals surface area contributed by atoms with Crippen molar-refractivity contribution in [2.75, 3.05) is 23.1 Å². The Morgan fingerprint density at radius 3 is 2.52 bits per heavy atom. The highest BCUT2D eigenvalue weighted by atomic mass is 32.2. The van der Waals surface area contributed by atoms with E-state index < -0.39 is 5.97 Å². The van der Waals surface area contributed by atoms with Crippen molar-refractivity contribution >= 4 is 52.2 Å². The average Bonchev–Trinajstić information content (AvgIpc) is 3.46. The number of methoxy groups -OCH3 is 1. The molecule has 0 saturated heterocycles. The van der Waals surface area contributed by atoms with Crippen LogP contribution in [0.4, 0.5) is 11.4 Å². The lowest BCUT2D eigenvalue weighted by atomic mass is 10.2. The van der Waals surface area contributed by atoms with Crippen molar-refractivity contribution in [1.29, 1.82) is 0 Å². The van der Waals surface area contributed by atoms with Crippen LogP contribution in [0.15, 0.2) is 88.1 Å². The second kappa shape index (κ2) is 10.0. The molecule has 1 N–H and O–H groups in total. The molecule has 0 spiro atoms. The Morgan fingerprint density at radius 2 is 1.85 bits per heavy atom. The summed E-state index contributed by atoms with van der Waals surface area (Å²) in [4.78, 5) is 43.0. The van der Waals surface area contributed by atoms with Crippen LogP contribution in [0.3, 0.4) is 0 Å². The number of nitrogens with one attached hydrogen (secondary N) is 1. The van der Waals surface area contributed by atoms with Crippen LogP contribution in [0.2, 0.25) is 0 Å². The number of thioether (sulfide) groups is 1. The largest absolute Gasteiger partial charge is 0.465 e. The fraction of sp³-hybridized carbons (Fsp3) is 0.0833. The van der Waals surface area contributed by atoms with Gasteiger partial charge in [0.25, 0.3) is 5.91 Å². The standard InChI is InChI=1S/C24H19N3O5S/c1-31-23(30)16-9-11-17(12-10-16)25-21(28)15-33-24-26-20(14-19-8-5-13-32-19)22(29)27(24)18-6-3-2-4-7-18/h2-14H,15H2,1H3,(H,25,28). The molecule has 0 saturated carbocycles. The number of carbonyl (C=O) groups excluding carboxylic acids is 3. The van der Waals surface area contributed by atoms with Gasteiger partial charge in [0.1, 0.15) is 11.5 Å². The van der Waals surface area contributed by atoms with Gasteiger partial charge in [-0.3, -0.25) is 14.5 Å². The van der Waals surface area contributed by atoms with Gasteiger partial charge in [-0.15, -0.1) is 0 Å². The molecule has 2 amide bonds. The van der Waals surface area contributed by atoms with Crippen LogP contribution < -0.4 is 10.2 Å². The molecule has 0 radical (unpaired) electrons. The van der Waals surface area contributed by atoms with E-state index in [0.717, 1.165) is 11.8 Å². The number of carbonyl (C=O) groups is 3. The number of para-hydroxylation sites is 1. The van der Waals surface area contributed by atoms with Gasteiger partial charge in [0.15, 0.2) is 5.17 Å². The Kier molecular flexibility index (Phi) is 6.70. The van der Waals surface area contributed by atoms with Gasteiger partial charge >= 0.3 is 5.97 Å². The molecule has 1 aromatic heterocycles. The normalized spacial score (nSPS) is 14.3. The second-order valence-corrected chi connectivity index (χ2v) is 7.76. The minimum absolute atomic E-state index is 0.0300. The van der Waals surface area contributed by atoms with Gasteiger partial charge in [-0.1, -0.05) is 30.0 Å². The number of aliphatic imine (C=N–C) groups is 1. The summed E-state index contributed by atoms with van der Waals surface area (Å²) in [6.07, 6.45) is 3.08. The van der Waals surface area contributed by atoms with E-state index >= 15 is 0 Å². The molecule has 0 aliphatic carbocycles. The zero-order valence-electron chi connectivity index (χ0n) is 17.6. The number of anilines is 2. The van der Waals surface area contributed by atoms with E-state index in [0.29, 0.717) is 27.9 Å². The van der Waals surface area contributed by atoms with Gasteiger partial charge in [-0.25, -0.2) is 9.79 Å². The van der Waals surface area contributed by atoms with Crippen LogP contribution in [-0.4, -0.2) is 35.8 Å². The van der Waals surface area contributed by atoms with Crippen LogP contribution in [-0.2, 0) is 14.3 Å². The lowest BCUT2D eigenvalue weighted by Crippen LogP contribution is -2.31. The first-order valence-corrected chi connectivity index (χ1v) is 10.9. The molecule has 0 bridgehead atoms. The molecule has 2 aromatic carbocycles. The third-order valence-corrected chi connectivity index (χ3v) is 5.53. The summed E-state index contributed by atoms with van der Waals surface area (Å²) in [6.45, 7) is 0. The van der Waals surface area contributed by atoms with Crippen molar-refractivity contribution in [2.45, 2.75) is 0 Å². The van der Waals surface area contributed by atoms with E-state index in [2.05, 4.69) is 15.0 Å². The Morgan fingerprint density at radius 1 is 1.09 bits per heavy atom. The van der Waals surface area contributed by atoms with Crippen molar-refractivity contribution < 1.29 is 23.5 Å². The van der Waals surface area contributed by atoms with Crippen molar-refractivity contribution in [3.8, 4) is 0 Å². The number of hydrogen-bond donors (Lipinski definition) is 1. The Hall–Kier alpha value is -4.11. The molecule has 8 nitrogen and oxygen atoms in total. The number of esters is 1. The number of hydrogen-bond acceptors (Lipinski definition) is 7. The molecule has 166 valence electrons. The van der Waals surface area contributed by atoms with Gasteiger partial charge in [-0.05, 0) is 48.5 Å². The number of nitrogens with zero attached hydrogens (tertiary/aromatic N) is 2. The number of benzene rings is 2. The highest BCUT2D eigenvalue weighted by Crippen LogP contribution is 2.29. The molecule has 0 atom stereocenters. The van der Waals surface area contributed by atoms with E-state index in [9.17, 15) is 14.4 Å². The number of amidine groups is 1. The third kappa shape index (κ3) is 5.21. The second-order valence-electron chi connectivity index (χ2n) is 6.82. The van der Waals surface area contributed by atoms with E-state index in [1.165, 1.54) is 18.3 Å². The first kappa shape index (κ1) is 22.1. The topological polar surface area (TPSA) is 101 Å². The minimum atomic E-state index is -0.452. The van der Waals surface area contributed by atoms with Gasteiger partial charge in [0.2, 0.25) is 5.91 Å². The van der Waals surface area contributed by atoms with E-state index in [-0.39, 0.29) is 23.3 Å². The van der Waals surface area contributed by atoms with E-state index in [4.69, 9.17) is 4.42 Å². The van der Waals surface area contributed by atoms with E-state index in [1.807, 2.05) is 18.2 Å². The first-order valence-electron chi connectivity index (χ1n) is 9.89. The van der Waals surface area contributed by atoms with Crippen molar-refractivity contribution in [1.82, 2.24) is 0 Å². The molecular formula is C24H19N3O5S. The Labute approximate surface area is 193 Å². The van der Waals surface area contributed by atoms with Gasteiger partial charge in [-0.2, -0.15) is 0 Å². The summed E-state index contributed by atoms with van der Waals surface area (Å²) in [5.74, 6) is -0.500. The molecule has 1 aliphatic rings. The first-order chi connectivity index (χ1) is 16.0. The number of ether oxygens (including phenoxy) is 1. The maximum Gasteiger partial charge on any atom is 0.337 e. The number of furan rings is 1. The molecule has 0 unspecified atom stereocenters. The molecule has 33 heavy (non-hydrogen) atoms. The zero-order chi connectivity index (χ0) is 23.2. The average molecular weight is 461 g/mol. The maximum atomic E-state index is 13.0. The molecule has 2 heterocycles. The molecule has 0 fully saturated rings. The quantitative estimate of drug-likeness (QED) is 0.437. The summed E-state index contributed by atoms with van der Waals surface area (Å²) in [6, 6.07) is 18.9. The highest BCUT2D eigenvalue weighted by molar-refractivity contribution is 8.14. The minimum Gasteiger partial charge on any atom is -0.465 e. The SMILES string of the molecule is COC(=O)c1ccc(NC(=O)CSC2=NC(=Cc3ccco3)C(=O)N2c2ccccc2)cc1. The number of rotatable bonds is 6. The molecule has 3 aromatic rings. The Balaban J connectivity index is 1.47. The molecule has 4 rings (SSSR count). The summed E-state index contributed by atoms with van der Waals surface area (Å²) in [5, 5.41) is 3.15. The molecule has 9 heteroatoms. The van der Waals surface area contributed by atoms with Crippen LogP contribution in [0.1, 0.15) is 16.1 Å². The smallest absolute Gasteiger partial charge is 0.337 e. The van der Waals surface area contributed by atoms with Crippen molar-refractivity contribution in [3.63, 3.8) is 0 Å². The van der Waals surface area contributed by atoms with Crippen LogP contribution in [0.25, 0.3) is 6.08 Å².